The molecule has 2 aliphatic rings. The molecule has 28 heavy (non-hydrogen) atoms. The second-order valence-electron chi connectivity index (χ2n) is 7.39. The number of nitrogens with one attached hydrogen (secondary N) is 1. The van der Waals surface area contributed by atoms with Crippen LogP contribution in [0.1, 0.15) is 19.8 Å². The Bertz CT molecular complexity index is 620. The van der Waals surface area contributed by atoms with Crippen LogP contribution in [0.4, 0.5) is 5.69 Å². The molecule has 1 aromatic rings. The van der Waals surface area contributed by atoms with Gasteiger partial charge < -0.3 is 16.0 Å². The van der Waals surface area contributed by atoms with Gasteiger partial charge in [0.25, 0.3) is 0 Å². The Morgan fingerprint density at radius 2 is 2.04 bits per heavy atom. The number of piperazine rings is 1. The highest BCUT2D eigenvalue weighted by Crippen LogP contribution is 2.20. The summed E-state index contributed by atoms with van der Waals surface area (Å²) in [6, 6.07) is 8.67. The molecule has 0 aromatic heterocycles. The van der Waals surface area contributed by atoms with Crippen molar-refractivity contribution in [2.45, 2.75) is 25.8 Å². The van der Waals surface area contributed by atoms with Gasteiger partial charge in [0, 0.05) is 56.0 Å². The minimum absolute atomic E-state index is 0. The van der Waals surface area contributed by atoms with Crippen LogP contribution < -0.4 is 16.0 Å². The smallest absolute Gasteiger partial charge is 0.188 e. The molecule has 3 rings (SSSR count). The third-order valence-corrected chi connectivity index (χ3v) is 5.89. The number of nitrogens with two attached hydrogens (primary N) is 1. The number of benzene rings is 1. The van der Waals surface area contributed by atoms with Crippen molar-refractivity contribution in [3.05, 3.63) is 29.3 Å². The molecule has 8 heteroatoms. The third-order valence-electron chi connectivity index (χ3n) is 5.66. The first-order valence-electron chi connectivity index (χ1n) is 10.2. The number of guanidine groups is 1. The molecule has 0 saturated carbocycles. The number of nitrogens with zero attached hydrogens (tertiary/aromatic N) is 4. The van der Waals surface area contributed by atoms with Crippen molar-refractivity contribution in [1.82, 2.24) is 15.1 Å². The van der Waals surface area contributed by atoms with Crippen LogP contribution in [0.15, 0.2) is 29.3 Å². The highest BCUT2D eigenvalue weighted by molar-refractivity contribution is 14.0. The molecule has 2 aliphatic heterocycles. The molecule has 2 saturated heterocycles. The van der Waals surface area contributed by atoms with E-state index in [4.69, 9.17) is 17.3 Å². The first-order valence-corrected chi connectivity index (χ1v) is 10.5. The van der Waals surface area contributed by atoms with E-state index in [0.717, 1.165) is 57.4 Å². The van der Waals surface area contributed by atoms with Gasteiger partial charge in [-0.25, -0.2) is 0 Å². The molecule has 0 spiro atoms. The van der Waals surface area contributed by atoms with Crippen molar-refractivity contribution in [2.75, 3.05) is 63.8 Å². The minimum Gasteiger partial charge on any atom is -0.370 e. The summed E-state index contributed by atoms with van der Waals surface area (Å²) in [7, 11) is 0. The summed E-state index contributed by atoms with van der Waals surface area (Å²) in [6.07, 6.45) is 2.52. The van der Waals surface area contributed by atoms with Gasteiger partial charge >= 0.3 is 0 Å². The molecular weight excluding hydrogens is 487 g/mol. The van der Waals surface area contributed by atoms with Crippen LogP contribution in [0.3, 0.4) is 0 Å². The van der Waals surface area contributed by atoms with E-state index < -0.39 is 0 Å². The molecule has 158 valence electrons. The van der Waals surface area contributed by atoms with E-state index in [0.29, 0.717) is 12.0 Å². The monoisotopic (exact) mass is 520 g/mol. The van der Waals surface area contributed by atoms with Crippen molar-refractivity contribution in [2.24, 2.45) is 10.7 Å². The van der Waals surface area contributed by atoms with Gasteiger partial charge in [-0.1, -0.05) is 24.6 Å². The van der Waals surface area contributed by atoms with Crippen molar-refractivity contribution < 1.29 is 0 Å². The summed E-state index contributed by atoms with van der Waals surface area (Å²) in [4.78, 5) is 11.9. The predicted molar refractivity (Wildman–Crippen MR) is 130 cm³/mol. The van der Waals surface area contributed by atoms with E-state index in [9.17, 15) is 0 Å². The normalized spacial score (nSPS) is 21.6. The Morgan fingerprint density at radius 3 is 2.75 bits per heavy atom. The van der Waals surface area contributed by atoms with Gasteiger partial charge in [-0.3, -0.25) is 14.8 Å². The average molecular weight is 521 g/mol. The van der Waals surface area contributed by atoms with Crippen LogP contribution in [-0.2, 0) is 0 Å². The highest BCUT2D eigenvalue weighted by atomic mass is 127. The van der Waals surface area contributed by atoms with Gasteiger partial charge in [0.15, 0.2) is 5.96 Å². The fourth-order valence-corrected chi connectivity index (χ4v) is 4.21. The number of hydrogen-bond acceptors (Lipinski definition) is 4. The largest absolute Gasteiger partial charge is 0.370 e. The lowest BCUT2D eigenvalue weighted by Crippen LogP contribution is -2.49. The Hall–Kier alpha value is -0.770. The van der Waals surface area contributed by atoms with Crippen LogP contribution in [-0.4, -0.2) is 80.7 Å². The van der Waals surface area contributed by atoms with Crippen LogP contribution in [0.25, 0.3) is 0 Å². The number of likely N-dealkylation sites (tertiary alicyclic amines) is 1. The number of aliphatic imine (C=N–C) groups is 1. The number of likely N-dealkylation sites (N-methyl/N-ethyl adjacent to an activating group) is 1. The maximum Gasteiger partial charge on any atom is 0.188 e. The number of halogens is 2. The summed E-state index contributed by atoms with van der Waals surface area (Å²) in [5.74, 6) is 0.579. The summed E-state index contributed by atoms with van der Waals surface area (Å²) < 4.78 is 0. The summed E-state index contributed by atoms with van der Waals surface area (Å²) >= 11 is 6.10. The van der Waals surface area contributed by atoms with Crippen LogP contribution in [0.5, 0.6) is 0 Å². The van der Waals surface area contributed by atoms with Gasteiger partial charge in [-0.05, 0) is 44.1 Å². The van der Waals surface area contributed by atoms with Gasteiger partial charge in [0.1, 0.15) is 0 Å². The number of anilines is 1. The SMILES string of the molecule is CCN1CCCC1CN=C(N)NCCN1CCN(c2cccc(Cl)c2)CC1.I. The molecule has 0 radical (unpaired) electrons. The molecule has 2 fully saturated rings. The zero-order chi connectivity index (χ0) is 19.1. The van der Waals surface area contributed by atoms with Gasteiger partial charge in [-0.15, -0.1) is 24.0 Å². The zero-order valence-electron chi connectivity index (χ0n) is 16.8. The van der Waals surface area contributed by atoms with E-state index in [2.05, 4.69) is 38.0 Å². The Morgan fingerprint density at radius 1 is 1.25 bits per heavy atom. The number of hydrogen-bond donors (Lipinski definition) is 2. The Kier molecular flexibility index (Phi) is 10.1. The first kappa shape index (κ1) is 23.5. The van der Waals surface area contributed by atoms with E-state index in [1.807, 2.05) is 18.2 Å². The maximum atomic E-state index is 6.10. The van der Waals surface area contributed by atoms with Crippen molar-refractivity contribution in [3.63, 3.8) is 0 Å². The molecule has 6 nitrogen and oxygen atoms in total. The van der Waals surface area contributed by atoms with Crippen LogP contribution in [0, 0.1) is 0 Å². The van der Waals surface area contributed by atoms with Crippen molar-refractivity contribution >= 4 is 47.2 Å². The lowest BCUT2D eigenvalue weighted by molar-refractivity contribution is 0.261. The van der Waals surface area contributed by atoms with Crippen molar-refractivity contribution in [1.29, 1.82) is 0 Å². The quantitative estimate of drug-likeness (QED) is 0.329. The fourth-order valence-electron chi connectivity index (χ4n) is 4.02. The average Bonchev–Trinajstić information content (AvgIpc) is 3.14. The maximum absolute atomic E-state index is 6.10. The molecule has 1 atom stereocenters. The molecular formula is C20H34ClIN6. The van der Waals surface area contributed by atoms with Gasteiger partial charge in [0.05, 0.1) is 6.54 Å². The molecule has 0 amide bonds. The Balaban J connectivity index is 0.00000280. The van der Waals surface area contributed by atoms with Crippen LogP contribution >= 0.6 is 35.6 Å². The van der Waals surface area contributed by atoms with Crippen molar-refractivity contribution in [3.8, 4) is 0 Å². The summed E-state index contributed by atoms with van der Waals surface area (Å²) in [5.41, 5.74) is 7.26. The molecule has 2 heterocycles. The lowest BCUT2D eigenvalue weighted by atomic mass is 10.2. The summed E-state index contributed by atoms with van der Waals surface area (Å²) in [6.45, 7) is 11.3. The zero-order valence-corrected chi connectivity index (χ0v) is 19.9. The molecule has 1 aromatic carbocycles. The predicted octanol–water partition coefficient (Wildman–Crippen LogP) is 2.47. The fraction of sp³-hybridized carbons (Fsp3) is 0.650. The molecule has 3 N–H and O–H groups in total. The van der Waals surface area contributed by atoms with E-state index in [1.165, 1.54) is 25.1 Å². The van der Waals surface area contributed by atoms with Gasteiger partial charge in [-0.2, -0.15) is 0 Å². The highest BCUT2D eigenvalue weighted by Gasteiger charge is 2.22. The second kappa shape index (κ2) is 12.0. The van der Waals surface area contributed by atoms with E-state index in [-0.39, 0.29) is 24.0 Å². The Labute approximate surface area is 191 Å². The molecule has 0 bridgehead atoms. The van der Waals surface area contributed by atoms with Gasteiger partial charge in [0.2, 0.25) is 0 Å². The standard InChI is InChI=1S/C20H33ClN6.HI/c1-2-26-9-4-7-19(26)16-24-20(22)23-8-10-25-11-13-27(14-12-25)18-6-3-5-17(21)15-18;/h3,5-6,15,19H,2,4,7-14,16H2,1H3,(H3,22,23,24);1H. The number of rotatable bonds is 7. The molecule has 1 unspecified atom stereocenters. The second-order valence-corrected chi connectivity index (χ2v) is 7.82. The lowest BCUT2D eigenvalue weighted by Gasteiger charge is -2.36. The third kappa shape index (κ3) is 6.93. The van der Waals surface area contributed by atoms with E-state index in [1.54, 1.807) is 0 Å². The van der Waals surface area contributed by atoms with E-state index >= 15 is 0 Å². The molecule has 0 aliphatic carbocycles. The summed E-state index contributed by atoms with van der Waals surface area (Å²) in [5, 5.41) is 4.07. The topological polar surface area (TPSA) is 60.1 Å². The first-order chi connectivity index (χ1) is 13.2. The van der Waals surface area contributed by atoms with Crippen LogP contribution in [0.2, 0.25) is 5.02 Å². The minimum atomic E-state index is 0.